The molecule has 1 unspecified atom stereocenters. The van der Waals surface area contributed by atoms with Crippen LogP contribution in [0, 0.1) is 0 Å². The quantitative estimate of drug-likeness (QED) is 0.791. The van der Waals surface area contributed by atoms with Crippen molar-refractivity contribution in [3.63, 3.8) is 0 Å². The van der Waals surface area contributed by atoms with E-state index in [4.69, 9.17) is 9.47 Å². The fourth-order valence-electron chi connectivity index (χ4n) is 1.40. The van der Waals surface area contributed by atoms with E-state index in [0.29, 0.717) is 6.61 Å². The zero-order chi connectivity index (χ0) is 12.0. The lowest BCUT2D eigenvalue weighted by Crippen LogP contribution is -2.08. The van der Waals surface area contributed by atoms with E-state index in [-0.39, 0.29) is 6.10 Å². The highest BCUT2D eigenvalue weighted by molar-refractivity contribution is 7.11. The van der Waals surface area contributed by atoms with Crippen molar-refractivity contribution in [2.24, 2.45) is 0 Å². The first-order chi connectivity index (χ1) is 7.71. The van der Waals surface area contributed by atoms with Gasteiger partial charge in [-0.25, -0.2) is 4.98 Å². The molecule has 0 aliphatic carbocycles. The number of methoxy groups -OCH3 is 2. The maximum atomic E-state index is 5.24. The minimum Gasteiger partial charge on any atom is -0.381 e. The van der Waals surface area contributed by atoms with Crippen LogP contribution in [-0.4, -0.2) is 32.4 Å². The van der Waals surface area contributed by atoms with Gasteiger partial charge in [-0.05, 0) is 14.0 Å². The second kappa shape index (κ2) is 6.96. The van der Waals surface area contributed by atoms with Crippen LogP contribution in [0.25, 0.3) is 0 Å². The molecule has 0 fully saturated rings. The molecule has 92 valence electrons. The predicted molar refractivity (Wildman–Crippen MR) is 65.8 cm³/mol. The number of thiazole rings is 1. The van der Waals surface area contributed by atoms with Crippen molar-refractivity contribution < 1.29 is 9.47 Å². The Morgan fingerprint density at radius 2 is 2.19 bits per heavy atom. The second-order valence-electron chi connectivity index (χ2n) is 3.69. The van der Waals surface area contributed by atoms with Crippen LogP contribution in [0.1, 0.15) is 22.5 Å². The summed E-state index contributed by atoms with van der Waals surface area (Å²) in [7, 11) is 5.36. The van der Waals surface area contributed by atoms with Gasteiger partial charge in [-0.15, -0.1) is 11.3 Å². The molecular formula is C11H20N2O2S. The van der Waals surface area contributed by atoms with Crippen LogP contribution in [0.5, 0.6) is 0 Å². The Bertz CT molecular complexity index is 291. The van der Waals surface area contributed by atoms with Gasteiger partial charge in [0, 0.05) is 32.1 Å². The summed E-state index contributed by atoms with van der Waals surface area (Å²) < 4.78 is 10.4. The Balaban J connectivity index is 2.74. The Kier molecular flexibility index (Phi) is 5.90. The SMILES string of the molecule is CNCc1sc(CC(C)OC)nc1COC. The van der Waals surface area contributed by atoms with Gasteiger partial charge in [0.2, 0.25) is 0 Å². The number of ether oxygens (including phenoxy) is 2. The molecule has 1 atom stereocenters. The molecule has 0 aliphatic heterocycles. The molecule has 1 rings (SSSR count). The van der Waals surface area contributed by atoms with E-state index >= 15 is 0 Å². The maximum absolute atomic E-state index is 5.24. The standard InChI is InChI=1S/C11H20N2O2S/c1-8(15-4)5-11-13-9(7-14-3)10(16-11)6-12-2/h8,12H,5-7H2,1-4H3. The smallest absolute Gasteiger partial charge is 0.0958 e. The highest BCUT2D eigenvalue weighted by atomic mass is 32.1. The Morgan fingerprint density at radius 3 is 2.75 bits per heavy atom. The first-order valence-corrected chi connectivity index (χ1v) is 6.16. The summed E-state index contributed by atoms with van der Waals surface area (Å²) in [6, 6.07) is 0. The summed E-state index contributed by atoms with van der Waals surface area (Å²) in [5.74, 6) is 0. The molecule has 1 aromatic heterocycles. The monoisotopic (exact) mass is 244 g/mol. The van der Waals surface area contributed by atoms with Crippen molar-refractivity contribution in [1.29, 1.82) is 0 Å². The van der Waals surface area contributed by atoms with E-state index in [0.717, 1.165) is 23.7 Å². The molecule has 0 saturated heterocycles. The van der Waals surface area contributed by atoms with Crippen LogP contribution >= 0.6 is 11.3 Å². The van der Waals surface area contributed by atoms with E-state index in [9.17, 15) is 0 Å². The van der Waals surface area contributed by atoms with Gasteiger partial charge in [-0.2, -0.15) is 0 Å². The number of nitrogens with zero attached hydrogens (tertiary/aromatic N) is 1. The molecule has 1 heterocycles. The number of hydrogen-bond acceptors (Lipinski definition) is 5. The molecule has 0 saturated carbocycles. The van der Waals surface area contributed by atoms with Crippen molar-refractivity contribution in [1.82, 2.24) is 10.3 Å². The molecule has 16 heavy (non-hydrogen) atoms. The minimum absolute atomic E-state index is 0.212. The minimum atomic E-state index is 0.212. The van der Waals surface area contributed by atoms with Gasteiger partial charge in [-0.3, -0.25) is 0 Å². The molecular weight excluding hydrogens is 224 g/mol. The van der Waals surface area contributed by atoms with Gasteiger partial charge in [-0.1, -0.05) is 0 Å². The third-order valence-electron chi connectivity index (χ3n) is 2.31. The lowest BCUT2D eigenvalue weighted by atomic mass is 10.3. The fraction of sp³-hybridized carbons (Fsp3) is 0.727. The van der Waals surface area contributed by atoms with Crippen LogP contribution < -0.4 is 5.32 Å². The van der Waals surface area contributed by atoms with Crippen LogP contribution in [-0.2, 0) is 29.0 Å². The molecule has 1 N–H and O–H groups in total. The van der Waals surface area contributed by atoms with Crippen LogP contribution in [0.15, 0.2) is 0 Å². The zero-order valence-electron chi connectivity index (χ0n) is 10.4. The first kappa shape index (κ1) is 13.6. The number of nitrogens with one attached hydrogen (secondary N) is 1. The van der Waals surface area contributed by atoms with Crippen molar-refractivity contribution in [3.05, 3.63) is 15.6 Å². The molecule has 1 aromatic rings. The normalized spacial score (nSPS) is 13.0. The molecule has 0 amide bonds. The fourth-order valence-corrected chi connectivity index (χ4v) is 2.60. The van der Waals surface area contributed by atoms with Gasteiger partial charge < -0.3 is 14.8 Å². The molecule has 5 heteroatoms. The van der Waals surface area contributed by atoms with Crippen molar-refractivity contribution in [2.45, 2.75) is 32.6 Å². The largest absolute Gasteiger partial charge is 0.381 e. The van der Waals surface area contributed by atoms with E-state index < -0.39 is 0 Å². The molecule has 0 aromatic carbocycles. The van der Waals surface area contributed by atoms with Gasteiger partial charge in [0.1, 0.15) is 0 Å². The summed E-state index contributed by atoms with van der Waals surface area (Å²) >= 11 is 1.73. The third-order valence-corrected chi connectivity index (χ3v) is 3.43. The van der Waals surface area contributed by atoms with Crippen LogP contribution in [0.4, 0.5) is 0 Å². The average Bonchev–Trinajstić information content (AvgIpc) is 2.62. The lowest BCUT2D eigenvalue weighted by Gasteiger charge is -2.05. The number of hydrogen-bond donors (Lipinski definition) is 1. The zero-order valence-corrected chi connectivity index (χ0v) is 11.2. The van der Waals surface area contributed by atoms with E-state index in [2.05, 4.69) is 17.2 Å². The molecule has 0 radical (unpaired) electrons. The van der Waals surface area contributed by atoms with Gasteiger partial charge >= 0.3 is 0 Å². The average molecular weight is 244 g/mol. The van der Waals surface area contributed by atoms with Gasteiger partial charge in [0.25, 0.3) is 0 Å². The molecule has 4 nitrogen and oxygen atoms in total. The molecule has 0 spiro atoms. The Morgan fingerprint density at radius 1 is 1.44 bits per heavy atom. The van der Waals surface area contributed by atoms with E-state index in [1.165, 1.54) is 4.88 Å². The molecule has 0 aliphatic rings. The number of rotatable bonds is 7. The second-order valence-corrected chi connectivity index (χ2v) is 4.86. The Hall–Kier alpha value is -0.490. The topological polar surface area (TPSA) is 43.4 Å². The lowest BCUT2D eigenvalue weighted by molar-refractivity contribution is 0.118. The van der Waals surface area contributed by atoms with Crippen molar-refractivity contribution in [3.8, 4) is 0 Å². The molecule has 0 bridgehead atoms. The Labute approximate surface area is 101 Å². The van der Waals surface area contributed by atoms with Crippen LogP contribution in [0.3, 0.4) is 0 Å². The maximum Gasteiger partial charge on any atom is 0.0958 e. The van der Waals surface area contributed by atoms with E-state index in [1.54, 1.807) is 25.6 Å². The predicted octanol–water partition coefficient (Wildman–Crippen LogP) is 1.59. The summed E-state index contributed by atoms with van der Waals surface area (Å²) in [5, 5.41) is 4.26. The summed E-state index contributed by atoms with van der Waals surface area (Å²) in [6.45, 7) is 3.47. The number of aromatic nitrogens is 1. The summed E-state index contributed by atoms with van der Waals surface area (Å²) in [5.41, 5.74) is 1.04. The van der Waals surface area contributed by atoms with Gasteiger partial charge in [0.05, 0.1) is 23.4 Å². The highest BCUT2D eigenvalue weighted by Crippen LogP contribution is 2.21. The van der Waals surface area contributed by atoms with Crippen molar-refractivity contribution >= 4 is 11.3 Å². The summed E-state index contributed by atoms with van der Waals surface area (Å²) in [6.07, 6.45) is 1.07. The van der Waals surface area contributed by atoms with E-state index in [1.807, 2.05) is 7.05 Å². The highest BCUT2D eigenvalue weighted by Gasteiger charge is 2.12. The third kappa shape index (κ3) is 3.83. The first-order valence-electron chi connectivity index (χ1n) is 5.35. The van der Waals surface area contributed by atoms with Gasteiger partial charge in [0.15, 0.2) is 0 Å². The van der Waals surface area contributed by atoms with Crippen molar-refractivity contribution in [2.75, 3.05) is 21.3 Å². The van der Waals surface area contributed by atoms with Crippen LogP contribution in [0.2, 0.25) is 0 Å². The summed E-state index contributed by atoms with van der Waals surface area (Å²) in [4.78, 5) is 5.83.